The average Bonchev–Trinajstić information content (AvgIpc) is 2.76. The number of halogens is 12. The molecule has 2 aromatic carbocycles. The van der Waals surface area contributed by atoms with Crippen LogP contribution in [0.3, 0.4) is 0 Å². The Morgan fingerprint density at radius 2 is 1.51 bits per heavy atom. The van der Waals surface area contributed by atoms with Gasteiger partial charge in [-0.2, -0.15) is 39.5 Å². The van der Waals surface area contributed by atoms with Crippen LogP contribution in [0.25, 0.3) is 5.83 Å². The van der Waals surface area contributed by atoms with Crippen molar-refractivity contribution in [2.75, 3.05) is 0 Å². The fourth-order valence-electron chi connectivity index (χ4n) is 3.24. The molecule has 0 radical (unpaired) electrons. The van der Waals surface area contributed by atoms with Crippen LogP contribution in [0.4, 0.5) is 43.9 Å². The Balaban J connectivity index is 2.40. The smallest absolute Gasteiger partial charge is 0.336 e. The third kappa shape index (κ3) is 9.31. The molecular weight excluding hydrogens is 597 g/mol. The van der Waals surface area contributed by atoms with E-state index in [4.69, 9.17) is 23.2 Å². The van der Waals surface area contributed by atoms with Crippen LogP contribution >= 0.6 is 23.2 Å². The Kier molecular flexibility index (Phi) is 9.93. The van der Waals surface area contributed by atoms with E-state index in [2.05, 4.69) is 0 Å². The number of amides is 2. The van der Waals surface area contributed by atoms with E-state index in [9.17, 15) is 53.5 Å². The maximum Gasteiger partial charge on any atom is 0.417 e. The molecule has 0 aliphatic carbocycles. The van der Waals surface area contributed by atoms with E-state index in [1.165, 1.54) is 0 Å². The van der Waals surface area contributed by atoms with Crippen molar-refractivity contribution in [3.63, 3.8) is 0 Å². The van der Waals surface area contributed by atoms with Crippen molar-refractivity contribution in [3.05, 3.63) is 74.8 Å². The van der Waals surface area contributed by atoms with Gasteiger partial charge in [0.2, 0.25) is 5.91 Å². The fraction of sp³-hybridized carbons (Fsp3) is 0.304. The van der Waals surface area contributed by atoms with E-state index in [1.54, 1.807) is 5.32 Å². The summed E-state index contributed by atoms with van der Waals surface area (Å²) in [6.45, 7) is 0.969. The van der Waals surface area contributed by atoms with E-state index < -0.39 is 76.9 Å². The molecule has 214 valence electrons. The van der Waals surface area contributed by atoms with Crippen LogP contribution in [0.15, 0.2) is 42.5 Å². The Bertz CT molecular complexity index is 1260. The van der Waals surface area contributed by atoms with Crippen LogP contribution in [-0.4, -0.2) is 30.3 Å². The molecule has 1 unspecified atom stereocenters. The zero-order chi connectivity index (χ0) is 29.9. The molecule has 0 spiro atoms. The molecule has 2 atom stereocenters. The Morgan fingerprint density at radius 1 is 0.897 bits per heavy atom. The topological polar surface area (TPSA) is 58.2 Å². The van der Waals surface area contributed by atoms with Gasteiger partial charge < -0.3 is 10.6 Å². The number of rotatable bonds is 7. The summed E-state index contributed by atoms with van der Waals surface area (Å²) in [6, 6.07) is 3.90. The van der Waals surface area contributed by atoms with Crippen LogP contribution in [0, 0.1) is 0 Å². The summed E-state index contributed by atoms with van der Waals surface area (Å²) in [6.07, 6.45) is -18.7. The first-order valence-corrected chi connectivity index (χ1v) is 11.2. The van der Waals surface area contributed by atoms with E-state index in [0.29, 0.717) is 12.1 Å². The van der Waals surface area contributed by atoms with Gasteiger partial charge >= 0.3 is 18.5 Å². The number of alkyl halides is 9. The highest BCUT2D eigenvalue weighted by molar-refractivity contribution is 6.42. The second kappa shape index (κ2) is 12.0. The molecule has 4 nitrogen and oxygen atoms in total. The first kappa shape index (κ1) is 32.2. The number of nitrogens with one attached hydrogen (secondary N) is 2. The number of benzene rings is 2. The Hall–Kier alpha value is -3.00. The number of allylic oxidation sites excluding steroid dienone is 1. The van der Waals surface area contributed by atoms with Crippen molar-refractivity contribution in [2.45, 2.75) is 44.0 Å². The average molecular weight is 613 g/mol. The standard InChI is InChI=1S/C23H16Cl2F10N2O2/c1-10(36-19(38)9-21(27,28)29)37-20(39)13-4-2-12(6-15(13)23(33,34)35)18(26)8-14(22(30,31)32)11-3-5-16(24)17(25)7-11/h2-8,10,14H,9H2,1H3,(H,36,38)(H,37,39)/b18-8-/t10-,14?/m1/s1. The van der Waals surface area contributed by atoms with E-state index >= 15 is 0 Å². The van der Waals surface area contributed by atoms with E-state index in [1.807, 2.05) is 5.32 Å². The van der Waals surface area contributed by atoms with Crippen LogP contribution in [-0.2, 0) is 11.0 Å². The molecule has 0 saturated heterocycles. The molecule has 0 aliphatic rings. The van der Waals surface area contributed by atoms with Gasteiger partial charge in [0.1, 0.15) is 18.2 Å². The van der Waals surface area contributed by atoms with Gasteiger partial charge in [0.25, 0.3) is 5.91 Å². The molecule has 0 fully saturated rings. The van der Waals surface area contributed by atoms with Crippen molar-refractivity contribution >= 4 is 40.8 Å². The van der Waals surface area contributed by atoms with Gasteiger partial charge in [-0.05, 0) is 42.8 Å². The van der Waals surface area contributed by atoms with Gasteiger partial charge in [-0.3, -0.25) is 9.59 Å². The number of hydrogen-bond acceptors (Lipinski definition) is 2. The summed E-state index contributed by atoms with van der Waals surface area (Å²) < 4.78 is 134. The first-order valence-electron chi connectivity index (χ1n) is 10.5. The second-order valence-electron chi connectivity index (χ2n) is 8.02. The summed E-state index contributed by atoms with van der Waals surface area (Å²) in [5, 5.41) is 3.18. The zero-order valence-corrected chi connectivity index (χ0v) is 20.8. The minimum atomic E-state index is -5.31. The fourth-order valence-corrected chi connectivity index (χ4v) is 3.54. The molecule has 16 heteroatoms. The van der Waals surface area contributed by atoms with E-state index in [-0.39, 0.29) is 22.2 Å². The summed E-state index contributed by atoms with van der Waals surface area (Å²) in [4.78, 5) is 23.7. The van der Waals surface area contributed by atoms with Crippen molar-refractivity contribution in [3.8, 4) is 0 Å². The highest BCUT2D eigenvalue weighted by Crippen LogP contribution is 2.41. The molecule has 2 amide bonds. The SMILES string of the molecule is C[C@H](NC(=O)CC(F)(F)F)NC(=O)c1ccc(/C(F)=C/C(c2ccc(Cl)c(Cl)c2)C(F)(F)F)cc1C(F)(F)F. The van der Waals surface area contributed by atoms with Crippen molar-refractivity contribution < 1.29 is 53.5 Å². The second-order valence-corrected chi connectivity index (χ2v) is 8.83. The van der Waals surface area contributed by atoms with Crippen LogP contribution < -0.4 is 10.6 Å². The van der Waals surface area contributed by atoms with Crippen LogP contribution in [0.2, 0.25) is 10.0 Å². The highest BCUT2D eigenvalue weighted by atomic mass is 35.5. The molecule has 2 N–H and O–H groups in total. The number of carbonyl (C=O) groups excluding carboxylic acids is 2. The molecule has 0 saturated carbocycles. The largest absolute Gasteiger partial charge is 0.417 e. The van der Waals surface area contributed by atoms with E-state index in [0.717, 1.165) is 25.1 Å². The summed E-state index contributed by atoms with van der Waals surface area (Å²) in [7, 11) is 0. The van der Waals surface area contributed by atoms with Crippen LogP contribution in [0.1, 0.15) is 46.3 Å². The molecular formula is C23H16Cl2F10N2O2. The summed E-state index contributed by atoms with van der Waals surface area (Å²) >= 11 is 11.4. The lowest BCUT2D eigenvalue weighted by atomic mass is 9.95. The molecule has 0 heterocycles. The van der Waals surface area contributed by atoms with Gasteiger partial charge in [0.05, 0.1) is 27.3 Å². The summed E-state index contributed by atoms with van der Waals surface area (Å²) in [5.74, 6) is -7.43. The van der Waals surface area contributed by atoms with Crippen molar-refractivity contribution in [2.24, 2.45) is 0 Å². The van der Waals surface area contributed by atoms with Crippen LogP contribution in [0.5, 0.6) is 0 Å². The predicted molar refractivity (Wildman–Crippen MR) is 122 cm³/mol. The molecule has 39 heavy (non-hydrogen) atoms. The molecule has 0 bridgehead atoms. The third-order valence-electron chi connectivity index (χ3n) is 4.90. The maximum absolute atomic E-state index is 14.9. The number of hydrogen-bond donors (Lipinski definition) is 2. The lowest BCUT2D eigenvalue weighted by Crippen LogP contribution is -2.47. The number of carbonyl (C=O) groups is 2. The highest BCUT2D eigenvalue weighted by Gasteiger charge is 2.41. The van der Waals surface area contributed by atoms with Gasteiger partial charge in [-0.1, -0.05) is 35.3 Å². The van der Waals surface area contributed by atoms with Gasteiger partial charge in [0.15, 0.2) is 0 Å². The molecule has 0 aromatic heterocycles. The van der Waals surface area contributed by atoms with Crippen molar-refractivity contribution in [1.82, 2.24) is 10.6 Å². The maximum atomic E-state index is 14.9. The monoisotopic (exact) mass is 612 g/mol. The zero-order valence-electron chi connectivity index (χ0n) is 19.3. The predicted octanol–water partition coefficient (Wildman–Crippen LogP) is 7.81. The molecule has 2 rings (SSSR count). The minimum Gasteiger partial charge on any atom is -0.336 e. The quantitative estimate of drug-likeness (QED) is 0.247. The lowest BCUT2D eigenvalue weighted by molar-refractivity contribution is -0.154. The molecule has 2 aromatic rings. The Labute approximate surface area is 223 Å². The Morgan fingerprint density at radius 3 is 2.03 bits per heavy atom. The minimum absolute atomic E-state index is 0.0209. The molecule has 0 aliphatic heterocycles. The van der Waals surface area contributed by atoms with Gasteiger partial charge in [-0.25, -0.2) is 4.39 Å². The van der Waals surface area contributed by atoms with Crippen molar-refractivity contribution in [1.29, 1.82) is 0 Å². The van der Waals surface area contributed by atoms with Gasteiger partial charge in [0, 0.05) is 5.56 Å². The first-order chi connectivity index (χ1) is 17.7. The third-order valence-corrected chi connectivity index (χ3v) is 5.64. The lowest BCUT2D eigenvalue weighted by Gasteiger charge is -2.20. The summed E-state index contributed by atoms with van der Waals surface area (Å²) in [5.41, 5.74) is -4.40. The normalized spacial score (nSPS) is 14.5. The van der Waals surface area contributed by atoms with Gasteiger partial charge in [-0.15, -0.1) is 0 Å².